The van der Waals surface area contributed by atoms with Crippen LogP contribution < -0.4 is 5.32 Å². The van der Waals surface area contributed by atoms with Crippen LogP contribution in [0.4, 0.5) is 4.79 Å². The SMILES string of the molecule is CC(CNC1CCN(C(C)C)CC1)CN(C)C(=O)OC(C)(C)C. The van der Waals surface area contributed by atoms with Crippen molar-refractivity contribution in [1.29, 1.82) is 0 Å². The summed E-state index contributed by atoms with van der Waals surface area (Å²) < 4.78 is 5.39. The van der Waals surface area contributed by atoms with Crippen molar-refractivity contribution in [1.82, 2.24) is 15.1 Å². The van der Waals surface area contributed by atoms with Crippen LogP contribution in [-0.4, -0.2) is 66.8 Å². The molecule has 0 radical (unpaired) electrons. The lowest BCUT2D eigenvalue weighted by atomic mass is 10.0. The number of likely N-dealkylation sites (tertiary alicyclic amines) is 1. The van der Waals surface area contributed by atoms with Gasteiger partial charge in [0.15, 0.2) is 0 Å². The molecule has 5 nitrogen and oxygen atoms in total. The first-order valence-corrected chi connectivity index (χ1v) is 9.00. The van der Waals surface area contributed by atoms with Crippen molar-refractivity contribution in [2.24, 2.45) is 5.92 Å². The largest absolute Gasteiger partial charge is 0.444 e. The molecule has 0 saturated carbocycles. The lowest BCUT2D eigenvalue weighted by Crippen LogP contribution is -2.46. The number of rotatable bonds is 6. The molecule has 0 spiro atoms. The predicted octanol–water partition coefficient (Wildman–Crippen LogP) is 2.95. The Bertz CT molecular complexity index is 358. The van der Waals surface area contributed by atoms with Crippen LogP contribution in [-0.2, 0) is 4.74 Å². The van der Waals surface area contributed by atoms with E-state index in [9.17, 15) is 4.79 Å². The maximum absolute atomic E-state index is 12.0. The molecule has 1 heterocycles. The third-order valence-electron chi connectivity index (χ3n) is 4.31. The van der Waals surface area contributed by atoms with Crippen LogP contribution >= 0.6 is 0 Å². The van der Waals surface area contributed by atoms with Gasteiger partial charge in [-0.1, -0.05) is 6.92 Å². The minimum Gasteiger partial charge on any atom is -0.444 e. The summed E-state index contributed by atoms with van der Waals surface area (Å²) in [6.07, 6.45) is 2.19. The number of nitrogens with one attached hydrogen (secondary N) is 1. The molecule has 1 aliphatic rings. The van der Waals surface area contributed by atoms with Crippen molar-refractivity contribution < 1.29 is 9.53 Å². The van der Waals surface area contributed by atoms with Gasteiger partial charge in [0.1, 0.15) is 5.60 Å². The minimum atomic E-state index is -0.433. The fourth-order valence-electron chi connectivity index (χ4n) is 2.93. The standard InChI is InChI=1S/C18H37N3O2/c1-14(2)21-10-8-16(9-11-21)19-12-15(3)13-20(7)17(22)23-18(4,5)6/h14-16,19H,8-13H2,1-7H3. The molecule has 1 unspecified atom stereocenters. The van der Waals surface area contributed by atoms with Crippen molar-refractivity contribution >= 4 is 6.09 Å². The number of carbonyl (C=O) groups is 1. The van der Waals surface area contributed by atoms with Crippen LogP contribution in [0.1, 0.15) is 54.4 Å². The Morgan fingerprint density at radius 3 is 2.30 bits per heavy atom. The first kappa shape index (κ1) is 20.2. The molecular weight excluding hydrogens is 290 g/mol. The summed E-state index contributed by atoms with van der Waals surface area (Å²) in [5, 5.41) is 3.67. The molecule has 1 fully saturated rings. The molecule has 0 bridgehead atoms. The Balaban J connectivity index is 2.24. The summed E-state index contributed by atoms with van der Waals surface area (Å²) in [6, 6.07) is 1.26. The molecule has 5 heteroatoms. The molecular formula is C18H37N3O2. The van der Waals surface area contributed by atoms with Crippen LogP contribution in [0.3, 0.4) is 0 Å². The van der Waals surface area contributed by atoms with Crippen LogP contribution in [0.2, 0.25) is 0 Å². The highest BCUT2D eigenvalue weighted by Crippen LogP contribution is 2.14. The van der Waals surface area contributed by atoms with Crippen molar-refractivity contribution in [3.63, 3.8) is 0 Å². The van der Waals surface area contributed by atoms with Crippen LogP contribution in [0, 0.1) is 5.92 Å². The molecule has 1 atom stereocenters. The molecule has 0 aromatic rings. The quantitative estimate of drug-likeness (QED) is 0.815. The van der Waals surface area contributed by atoms with Crippen molar-refractivity contribution in [2.45, 2.75) is 72.1 Å². The zero-order chi connectivity index (χ0) is 17.6. The highest BCUT2D eigenvalue weighted by Gasteiger charge is 2.23. The number of hydrogen-bond donors (Lipinski definition) is 1. The van der Waals surface area contributed by atoms with Gasteiger partial charge in [-0.25, -0.2) is 4.79 Å². The third-order valence-corrected chi connectivity index (χ3v) is 4.31. The topological polar surface area (TPSA) is 44.8 Å². The number of hydrogen-bond acceptors (Lipinski definition) is 4. The van der Waals surface area contributed by atoms with E-state index < -0.39 is 5.60 Å². The van der Waals surface area contributed by atoms with E-state index in [4.69, 9.17) is 4.74 Å². The van der Waals surface area contributed by atoms with Gasteiger partial charge in [0.25, 0.3) is 0 Å². The number of nitrogens with zero attached hydrogens (tertiary/aromatic N) is 2. The molecule has 1 N–H and O–H groups in total. The first-order valence-electron chi connectivity index (χ1n) is 9.00. The number of ether oxygens (including phenoxy) is 1. The van der Waals surface area contributed by atoms with Gasteiger partial charge in [0.05, 0.1) is 0 Å². The highest BCUT2D eigenvalue weighted by molar-refractivity contribution is 5.67. The molecule has 136 valence electrons. The maximum atomic E-state index is 12.0. The molecule has 1 saturated heterocycles. The Morgan fingerprint density at radius 2 is 1.83 bits per heavy atom. The molecule has 1 amide bonds. The van der Waals surface area contributed by atoms with Gasteiger partial charge in [0.2, 0.25) is 0 Å². The van der Waals surface area contributed by atoms with Gasteiger partial charge in [-0.3, -0.25) is 0 Å². The van der Waals surface area contributed by atoms with E-state index in [0.29, 0.717) is 24.5 Å². The van der Waals surface area contributed by atoms with Gasteiger partial charge < -0.3 is 19.9 Å². The van der Waals surface area contributed by atoms with Gasteiger partial charge in [-0.2, -0.15) is 0 Å². The van der Waals surface area contributed by atoms with Crippen LogP contribution in [0.25, 0.3) is 0 Å². The summed E-state index contributed by atoms with van der Waals surface area (Å²) in [7, 11) is 1.81. The van der Waals surface area contributed by atoms with E-state index >= 15 is 0 Å². The van der Waals surface area contributed by atoms with Gasteiger partial charge in [0, 0.05) is 25.7 Å². The second-order valence-electron chi connectivity index (χ2n) is 8.28. The predicted molar refractivity (Wildman–Crippen MR) is 95.8 cm³/mol. The Hall–Kier alpha value is -0.810. The monoisotopic (exact) mass is 327 g/mol. The van der Waals surface area contributed by atoms with E-state index in [-0.39, 0.29) is 6.09 Å². The average Bonchev–Trinajstić information content (AvgIpc) is 2.43. The molecule has 0 aromatic heterocycles. The number of amides is 1. The van der Waals surface area contributed by atoms with Crippen molar-refractivity contribution in [3.05, 3.63) is 0 Å². The Morgan fingerprint density at radius 1 is 1.26 bits per heavy atom. The zero-order valence-corrected chi connectivity index (χ0v) is 16.2. The highest BCUT2D eigenvalue weighted by atomic mass is 16.6. The third kappa shape index (κ3) is 8.02. The molecule has 0 aliphatic carbocycles. The smallest absolute Gasteiger partial charge is 0.410 e. The van der Waals surface area contributed by atoms with E-state index in [2.05, 4.69) is 31.0 Å². The molecule has 23 heavy (non-hydrogen) atoms. The fourth-order valence-corrected chi connectivity index (χ4v) is 2.93. The van der Waals surface area contributed by atoms with Crippen molar-refractivity contribution in [2.75, 3.05) is 33.2 Å². The van der Waals surface area contributed by atoms with Crippen molar-refractivity contribution in [3.8, 4) is 0 Å². The second-order valence-corrected chi connectivity index (χ2v) is 8.28. The first-order chi connectivity index (χ1) is 10.6. The summed E-state index contributed by atoms with van der Waals surface area (Å²) >= 11 is 0. The normalized spacial score (nSPS) is 19.0. The Kier molecular flexibility index (Phi) is 7.81. The second kappa shape index (κ2) is 8.88. The van der Waals surface area contributed by atoms with Crippen LogP contribution in [0.15, 0.2) is 0 Å². The van der Waals surface area contributed by atoms with E-state index in [0.717, 1.165) is 6.54 Å². The summed E-state index contributed by atoms with van der Waals surface area (Å²) in [6.45, 7) is 16.4. The average molecular weight is 328 g/mol. The fraction of sp³-hybridized carbons (Fsp3) is 0.944. The van der Waals surface area contributed by atoms with E-state index in [1.165, 1.54) is 25.9 Å². The van der Waals surface area contributed by atoms with E-state index in [1.54, 1.807) is 4.90 Å². The van der Waals surface area contributed by atoms with Gasteiger partial charge in [-0.15, -0.1) is 0 Å². The molecule has 1 aliphatic heterocycles. The Labute approximate surface area is 142 Å². The zero-order valence-electron chi connectivity index (χ0n) is 16.2. The number of piperidine rings is 1. The van der Waals surface area contributed by atoms with Gasteiger partial charge in [-0.05, 0) is 73.0 Å². The van der Waals surface area contributed by atoms with E-state index in [1.807, 2.05) is 27.8 Å². The summed E-state index contributed by atoms with van der Waals surface area (Å²) in [5.74, 6) is 0.413. The summed E-state index contributed by atoms with van der Waals surface area (Å²) in [5.41, 5.74) is -0.433. The maximum Gasteiger partial charge on any atom is 0.410 e. The lowest BCUT2D eigenvalue weighted by molar-refractivity contribution is 0.0276. The van der Waals surface area contributed by atoms with Crippen LogP contribution in [0.5, 0.6) is 0 Å². The molecule has 0 aromatic carbocycles. The number of carbonyl (C=O) groups excluding carboxylic acids is 1. The lowest BCUT2D eigenvalue weighted by Gasteiger charge is -2.35. The summed E-state index contributed by atoms with van der Waals surface area (Å²) in [4.78, 5) is 16.2. The minimum absolute atomic E-state index is 0.241. The molecule has 1 rings (SSSR count). The van der Waals surface area contributed by atoms with Gasteiger partial charge >= 0.3 is 6.09 Å².